The SMILES string of the molecule is Nc1cc(C(=O)NCC(=O)NC(CC(=O)O)c2cc(Cl)cc(Cl)c2O)c[nH]c1=O. The monoisotopic (exact) mass is 442 g/mol. The van der Waals surface area contributed by atoms with E-state index < -0.39 is 48.1 Å². The highest BCUT2D eigenvalue weighted by Gasteiger charge is 2.23. The lowest BCUT2D eigenvalue weighted by Crippen LogP contribution is -2.39. The van der Waals surface area contributed by atoms with Crippen LogP contribution in [0.3, 0.4) is 0 Å². The van der Waals surface area contributed by atoms with Gasteiger partial charge in [-0.2, -0.15) is 0 Å². The van der Waals surface area contributed by atoms with E-state index in [0.29, 0.717) is 0 Å². The van der Waals surface area contributed by atoms with Gasteiger partial charge in [-0.1, -0.05) is 23.2 Å². The molecule has 0 saturated heterocycles. The molecule has 0 aliphatic heterocycles. The summed E-state index contributed by atoms with van der Waals surface area (Å²) in [5.41, 5.74) is 4.73. The fraction of sp³-hybridized carbons (Fsp3) is 0.176. The van der Waals surface area contributed by atoms with Crippen molar-refractivity contribution in [3.8, 4) is 5.75 Å². The van der Waals surface area contributed by atoms with Crippen LogP contribution in [0.5, 0.6) is 5.75 Å². The number of nitrogens with two attached hydrogens (primary N) is 1. The molecule has 7 N–H and O–H groups in total. The van der Waals surface area contributed by atoms with E-state index in [1.165, 1.54) is 12.1 Å². The summed E-state index contributed by atoms with van der Waals surface area (Å²) in [6.45, 7) is -0.511. The first kappa shape index (κ1) is 22.1. The Morgan fingerprint density at radius 1 is 1.21 bits per heavy atom. The number of carbonyl (C=O) groups is 3. The van der Waals surface area contributed by atoms with Crippen molar-refractivity contribution < 1.29 is 24.6 Å². The van der Waals surface area contributed by atoms with Gasteiger partial charge in [-0.3, -0.25) is 19.2 Å². The average Bonchev–Trinajstić information content (AvgIpc) is 2.64. The van der Waals surface area contributed by atoms with Crippen LogP contribution in [0.4, 0.5) is 5.69 Å². The van der Waals surface area contributed by atoms with Crippen LogP contribution < -0.4 is 21.9 Å². The number of benzene rings is 1. The smallest absolute Gasteiger partial charge is 0.305 e. The molecule has 2 amide bonds. The Kier molecular flexibility index (Phi) is 7.08. The molecule has 0 aliphatic rings. The maximum Gasteiger partial charge on any atom is 0.305 e. The standard InChI is InChI=1S/C17H16Cl2N4O6/c18-8-2-9(15(27)10(19)3-8)12(4-14(25)26)23-13(24)6-22-16(28)7-1-11(20)17(29)21-5-7/h1-3,5,12,27H,4,6,20H2,(H,21,29)(H,22,28)(H,23,24)(H,25,26). The third-order valence-electron chi connectivity index (χ3n) is 3.75. The van der Waals surface area contributed by atoms with Crippen molar-refractivity contribution in [3.63, 3.8) is 0 Å². The molecule has 29 heavy (non-hydrogen) atoms. The highest BCUT2D eigenvalue weighted by molar-refractivity contribution is 6.35. The van der Waals surface area contributed by atoms with Gasteiger partial charge in [-0.05, 0) is 18.2 Å². The number of nitrogens with one attached hydrogen (secondary N) is 3. The van der Waals surface area contributed by atoms with E-state index in [-0.39, 0.29) is 26.9 Å². The fourth-order valence-electron chi connectivity index (χ4n) is 2.41. The van der Waals surface area contributed by atoms with Crippen LogP contribution in [0.25, 0.3) is 0 Å². The maximum atomic E-state index is 12.2. The van der Waals surface area contributed by atoms with E-state index >= 15 is 0 Å². The first-order valence-corrected chi connectivity index (χ1v) is 8.79. The van der Waals surface area contributed by atoms with Crippen molar-refractivity contribution in [1.82, 2.24) is 15.6 Å². The number of aromatic amines is 1. The normalized spacial score (nSPS) is 11.5. The predicted octanol–water partition coefficient (Wildman–Crippen LogP) is 1.03. The number of phenolic OH excluding ortho intramolecular Hbond substituents is 1. The van der Waals surface area contributed by atoms with E-state index in [2.05, 4.69) is 15.6 Å². The summed E-state index contributed by atoms with van der Waals surface area (Å²) in [6.07, 6.45) is 0.561. The van der Waals surface area contributed by atoms with Gasteiger partial charge in [0.15, 0.2) is 0 Å². The Bertz CT molecular complexity index is 1020. The molecule has 0 saturated carbocycles. The van der Waals surface area contributed by atoms with Crippen molar-refractivity contribution in [3.05, 3.63) is 55.9 Å². The number of carbonyl (C=O) groups excluding carboxylic acids is 2. The number of aromatic nitrogens is 1. The van der Waals surface area contributed by atoms with E-state index in [1.54, 1.807) is 0 Å². The van der Waals surface area contributed by atoms with Gasteiger partial charge in [0.1, 0.15) is 5.75 Å². The Labute approximate surface area is 173 Å². The third-order valence-corrected chi connectivity index (χ3v) is 4.26. The minimum absolute atomic E-state index is 0.0120. The summed E-state index contributed by atoms with van der Waals surface area (Å²) in [5, 5.41) is 23.9. The molecule has 0 fully saturated rings. The zero-order valence-electron chi connectivity index (χ0n) is 14.7. The molecule has 10 nitrogen and oxygen atoms in total. The zero-order valence-corrected chi connectivity index (χ0v) is 16.2. The molecule has 1 heterocycles. The van der Waals surface area contributed by atoms with Crippen molar-refractivity contribution in [2.45, 2.75) is 12.5 Å². The van der Waals surface area contributed by atoms with Crippen LogP contribution in [-0.4, -0.2) is 39.5 Å². The Hall–Kier alpha value is -3.24. The van der Waals surface area contributed by atoms with Crippen LogP contribution in [-0.2, 0) is 9.59 Å². The largest absolute Gasteiger partial charge is 0.506 e. The first-order valence-electron chi connectivity index (χ1n) is 8.04. The molecule has 1 atom stereocenters. The van der Waals surface area contributed by atoms with Gasteiger partial charge in [0, 0.05) is 16.8 Å². The van der Waals surface area contributed by atoms with Gasteiger partial charge in [-0.25, -0.2) is 0 Å². The van der Waals surface area contributed by atoms with Crippen molar-refractivity contribution >= 4 is 46.7 Å². The lowest BCUT2D eigenvalue weighted by Gasteiger charge is -2.19. The number of hydrogen-bond acceptors (Lipinski definition) is 6. The van der Waals surface area contributed by atoms with Gasteiger partial charge in [0.2, 0.25) is 5.91 Å². The number of phenols is 1. The average molecular weight is 443 g/mol. The summed E-state index contributed by atoms with van der Waals surface area (Å²) < 4.78 is 0. The quantitative estimate of drug-likeness (QED) is 0.370. The second-order valence-corrected chi connectivity index (χ2v) is 6.74. The van der Waals surface area contributed by atoms with Crippen LogP contribution in [0.1, 0.15) is 28.4 Å². The molecule has 0 aliphatic carbocycles. The number of hydrogen-bond donors (Lipinski definition) is 6. The number of carboxylic acids is 1. The number of carboxylic acid groups (broad SMARTS) is 1. The number of amides is 2. The van der Waals surface area contributed by atoms with E-state index in [4.69, 9.17) is 34.0 Å². The molecule has 0 bridgehead atoms. The molecular formula is C17H16Cl2N4O6. The summed E-state index contributed by atoms with van der Waals surface area (Å²) in [5.74, 6) is -3.10. The number of halogens is 2. The van der Waals surface area contributed by atoms with Gasteiger partial charge in [0.25, 0.3) is 11.5 Å². The molecule has 0 radical (unpaired) electrons. The maximum absolute atomic E-state index is 12.2. The summed E-state index contributed by atoms with van der Waals surface area (Å²) in [7, 11) is 0. The highest BCUT2D eigenvalue weighted by Crippen LogP contribution is 2.36. The number of anilines is 1. The molecule has 12 heteroatoms. The lowest BCUT2D eigenvalue weighted by atomic mass is 10.0. The number of nitrogen functional groups attached to an aromatic ring is 1. The number of pyridine rings is 1. The fourth-order valence-corrected chi connectivity index (χ4v) is 2.91. The third kappa shape index (κ3) is 5.87. The van der Waals surface area contributed by atoms with Crippen LogP contribution >= 0.6 is 23.2 Å². The molecule has 2 rings (SSSR count). The van der Waals surface area contributed by atoms with Crippen LogP contribution in [0.2, 0.25) is 10.0 Å². The first-order chi connectivity index (χ1) is 13.6. The van der Waals surface area contributed by atoms with Crippen molar-refractivity contribution in [2.24, 2.45) is 0 Å². The zero-order chi connectivity index (χ0) is 21.7. The highest BCUT2D eigenvalue weighted by atomic mass is 35.5. The number of aromatic hydroxyl groups is 1. The van der Waals surface area contributed by atoms with E-state index in [0.717, 1.165) is 12.3 Å². The van der Waals surface area contributed by atoms with Crippen LogP contribution in [0, 0.1) is 0 Å². The number of rotatable bonds is 7. The van der Waals surface area contributed by atoms with E-state index in [9.17, 15) is 24.3 Å². The van der Waals surface area contributed by atoms with Gasteiger partial charge in [-0.15, -0.1) is 0 Å². The molecule has 1 aromatic heterocycles. The minimum Gasteiger partial charge on any atom is -0.506 e. The molecule has 1 unspecified atom stereocenters. The molecule has 0 spiro atoms. The van der Waals surface area contributed by atoms with Gasteiger partial charge < -0.3 is 31.6 Å². The topological polar surface area (TPSA) is 175 Å². The predicted molar refractivity (Wildman–Crippen MR) is 105 cm³/mol. The molecule has 2 aromatic rings. The van der Waals surface area contributed by atoms with Crippen molar-refractivity contribution in [1.29, 1.82) is 0 Å². The Morgan fingerprint density at radius 3 is 2.52 bits per heavy atom. The molecule has 154 valence electrons. The summed E-state index contributed by atoms with van der Waals surface area (Å²) >= 11 is 11.7. The Morgan fingerprint density at radius 2 is 1.90 bits per heavy atom. The van der Waals surface area contributed by atoms with Gasteiger partial charge in [0.05, 0.1) is 35.3 Å². The van der Waals surface area contributed by atoms with Crippen molar-refractivity contribution in [2.75, 3.05) is 12.3 Å². The second-order valence-electron chi connectivity index (χ2n) is 5.90. The second kappa shape index (κ2) is 9.30. The number of aliphatic carboxylic acids is 1. The summed E-state index contributed by atoms with van der Waals surface area (Å²) in [4.78, 5) is 48.9. The summed E-state index contributed by atoms with van der Waals surface area (Å²) in [6, 6.07) is 2.53. The molecule has 1 aromatic carbocycles. The van der Waals surface area contributed by atoms with Crippen LogP contribution in [0.15, 0.2) is 29.2 Å². The van der Waals surface area contributed by atoms with E-state index in [1.807, 2.05) is 0 Å². The van der Waals surface area contributed by atoms with Gasteiger partial charge >= 0.3 is 5.97 Å². The number of H-pyrrole nitrogens is 1. The molecular weight excluding hydrogens is 427 g/mol. The minimum atomic E-state index is -1.25. The lowest BCUT2D eigenvalue weighted by molar-refractivity contribution is -0.137. The Balaban J connectivity index is 2.10.